The summed E-state index contributed by atoms with van der Waals surface area (Å²) in [5.74, 6) is -0.0336. The van der Waals surface area contributed by atoms with Crippen LogP contribution in [0.5, 0.6) is 0 Å². The molecule has 88 heavy (non-hydrogen) atoms. The second kappa shape index (κ2) is 25.9. The first-order chi connectivity index (χ1) is 41.8. The van der Waals surface area contributed by atoms with Crippen molar-refractivity contribution in [3.8, 4) is 0 Å². The predicted octanol–water partition coefficient (Wildman–Crippen LogP) is 8.13. The van der Waals surface area contributed by atoms with Gasteiger partial charge in [0.1, 0.15) is 16.3 Å². The van der Waals surface area contributed by atoms with Crippen molar-refractivity contribution < 1.29 is 58.2 Å². The van der Waals surface area contributed by atoms with Gasteiger partial charge in [-0.15, -0.1) is 0 Å². The minimum absolute atomic E-state index is 0.0170. The number of piperidine rings is 3. The standard InChI is InChI=1S/C63H80N10O12S3/c1-5-32-63(4)54(73(34-14-41-86(77,78)79)50-25-23-46-48(57(50)63)16-13-18-52(46)88(83,84)85)20-9-6-8-19-53-62(2,3)56-47-15-12-17-51(87(80,81)82)45(47)22-24-49(56)72(53)33-11-7-10-21-55(74)65-44-30-39-71(40-31-44)61-67-59(69-35-26-42(27-36-69)58(75)76)66-60(68-61)70-37-28-43(64)29-38-70/h6,8-9,12-13,15-20,22-25,42-44H,5,7,10-11,14,21,26-41,64H2,1-4H3,(H4-,65,74,75,76,77,78,79,80,81,82,83,84,85). The quantitative estimate of drug-likeness (QED) is 0.0189. The topological polar surface area (TPSA) is 313 Å². The van der Waals surface area contributed by atoms with E-state index in [4.69, 9.17) is 20.7 Å². The van der Waals surface area contributed by atoms with Crippen LogP contribution in [0.3, 0.4) is 0 Å². The van der Waals surface area contributed by atoms with E-state index >= 15 is 0 Å². The van der Waals surface area contributed by atoms with Gasteiger partial charge in [0, 0.05) is 122 Å². The van der Waals surface area contributed by atoms with Crippen molar-refractivity contribution in [3.63, 3.8) is 0 Å². The molecule has 0 aliphatic carbocycles. The summed E-state index contributed by atoms with van der Waals surface area (Å²) in [6.45, 7) is 12.8. The van der Waals surface area contributed by atoms with Crippen molar-refractivity contribution in [2.24, 2.45) is 11.7 Å². The third-order valence-corrected chi connectivity index (χ3v) is 20.9. The lowest BCUT2D eigenvalue weighted by molar-refractivity contribution is -0.438. The maximum atomic E-state index is 13.5. The molecule has 1 amide bonds. The van der Waals surface area contributed by atoms with Gasteiger partial charge >= 0.3 is 5.97 Å². The van der Waals surface area contributed by atoms with Gasteiger partial charge in [-0.3, -0.25) is 18.7 Å². The maximum absolute atomic E-state index is 13.5. The Hall–Kier alpha value is -6.87. The van der Waals surface area contributed by atoms with E-state index in [1.807, 2.05) is 60.4 Å². The molecule has 3 fully saturated rings. The van der Waals surface area contributed by atoms with Crippen molar-refractivity contribution in [3.05, 3.63) is 108 Å². The summed E-state index contributed by atoms with van der Waals surface area (Å²) in [5.41, 5.74) is 9.95. The van der Waals surface area contributed by atoms with Gasteiger partial charge in [0.2, 0.25) is 29.4 Å². The number of carboxylic acid groups (broad SMARTS) is 1. The number of amides is 1. The summed E-state index contributed by atoms with van der Waals surface area (Å²) in [7, 11) is -13.7. The molecule has 1 aromatic heterocycles. The van der Waals surface area contributed by atoms with Gasteiger partial charge in [0.15, 0.2) is 5.71 Å². The van der Waals surface area contributed by atoms with Crippen molar-refractivity contribution in [1.29, 1.82) is 0 Å². The van der Waals surface area contributed by atoms with Crippen LogP contribution in [0.4, 0.5) is 29.2 Å². The molecule has 5 aliphatic rings. The number of carbonyl (C=O) groups excluding carboxylic acids is 1. The zero-order valence-electron chi connectivity index (χ0n) is 50.3. The number of nitrogens with one attached hydrogen (secondary N) is 1. The second-order valence-electron chi connectivity index (χ2n) is 24.7. The van der Waals surface area contributed by atoms with E-state index in [9.17, 15) is 53.6 Å². The van der Waals surface area contributed by atoms with Crippen LogP contribution < -0.4 is 30.7 Å². The molecule has 4 aromatic carbocycles. The summed E-state index contributed by atoms with van der Waals surface area (Å²) >= 11 is 0. The molecule has 1 atom stereocenters. The lowest BCUT2D eigenvalue weighted by Gasteiger charge is -2.35. The van der Waals surface area contributed by atoms with Gasteiger partial charge in [0.05, 0.1) is 21.5 Å². The molecule has 3 saturated heterocycles. The molecule has 0 bridgehead atoms. The van der Waals surface area contributed by atoms with Crippen LogP contribution in [0.15, 0.2) is 107 Å². The van der Waals surface area contributed by atoms with Crippen molar-refractivity contribution in [2.45, 2.75) is 144 Å². The molecule has 472 valence electrons. The second-order valence-corrected chi connectivity index (χ2v) is 29.0. The van der Waals surface area contributed by atoms with Crippen LogP contribution in [0.1, 0.15) is 122 Å². The molecule has 0 saturated carbocycles. The molecule has 22 nitrogen and oxygen atoms in total. The van der Waals surface area contributed by atoms with Crippen LogP contribution in [-0.4, -0.2) is 151 Å². The average Bonchev–Trinajstić information content (AvgIpc) is 1.56. The Labute approximate surface area is 515 Å². The van der Waals surface area contributed by atoms with Crippen LogP contribution >= 0.6 is 0 Å². The fourth-order valence-corrected chi connectivity index (χ4v) is 15.8. The Kier molecular flexibility index (Phi) is 18.9. The minimum atomic E-state index is -4.58. The normalized spacial score (nSPS) is 20.4. The molecule has 5 aliphatic heterocycles. The zero-order chi connectivity index (χ0) is 62.9. The summed E-state index contributed by atoms with van der Waals surface area (Å²) in [5, 5.41) is 14.9. The number of anilines is 4. The molecular weight excluding hydrogens is 1180 g/mol. The van der Waals surface area contributed by atoms with Gasteiger partial charge < -0.3 is 40.3 Å². The molecule has 1 unspecified atom stereocenters. The molecule has 25 heteroatoms. The molecule has 5 aromatic rings. The largest absolute Gasteiger partial charge is 0.748 e. The number of aromatic nitrogens is 3. The van der Waals surface area contributed by atoms with E-state index in [0.717, 1.165) is 79.1 Å². The first-order valence-corrected chi connectivity index (χ1v) is 35.0. The Morgan fingerprint density at radius 3 is 1.82 bits per heavy atom. The highest BCUT2D eigenvalue weighted by Crippen LogP contribution is 2.54. The smallest absolute Gasteiger partial charge is 0.306 e. The van der Waals surface area contributed by atoms with Gasteiger partial charge in [-0.1, -0.05) is 61.9 Å². The highest BCUT2D eigenvalue weighted by molar-refractivity contribution is 7.86. The molecule has 6 heterocycles. The van der Waals surface area contributed by atoms with Gasteiger partial charge in [0.25, 0.3) is 20.2 Å². The SMILES string of the molecule is CCCC1(C)\C(=C/C=C/C=C/C2=[N+](CCCCCC(=O)NC3CCN(c4nc(N5CCC(N)CC5)nc(N5CCC(C(=O)O)CC5)n4)CC3)c3ccc4c(S(=O)(=O)O)cccc4c3C2(C)C)N(CCCS(=O)(=O)[O-])c2ccc3c(S(=O)(=O)O)cccc3c21. The number of nitrogens with two attached hydrogens (primary N) is 1. The molecular formula is C63H80N10O12S3. The number of allylic oxidation sites excluding steroid dienone is 6. The summed E-state index contributed by atoms with van der Waals surface area (Å²) in [4.78, 5) is 47.9. The molecule has 0 radical (unpaired) electrons. The van der Waals surface area contributed by atoms with Crippen LogP contribution in [0, 0.1) is 5.92 Å². The van der Waals surface area contributed by atoms with Crippen molar-refractivity contribution >= 4 is 98.7 Å². The average molecular weight is 1270 g/mol. The Balaban J connectivity index is 0.842. The molecule has 6 N–H and O–H groups in total. The third kappa shape index (κ3) is 13.6. The predicted molar refractivity (Wildman–Crippen MR) is 339 cm³/mol. The lowest BCUT2D eigenvalue weighted by atomic mass is 9.76. The number of rotatable bonds is 22. The Morgan fingerprint density at radius 2 is 1.26 bits per heavy atom. The third-order valence-electron chi connectivity index (χ3n) is 18.3. The minimum Gasteiger partial charge on any atom is -0.748 e. The summed E-state index contributed by atoms with van der Waals surface area (Å²) < 4.78 is 109. The van der Waals surface area contributed by atoms with E-state index in [1.165, 1.54) is 12.1 Å². The number of carboxylic acids is 1. The summed E-state index contributed by atoms with van der Waals surface area (Å²) in [6.07, 6.45) is 17.7. The Bertz CT molecular complexity index is 3980. The number of hydrogen-bond acceptors (Lipinski definition) is 17. The number of fused-ring (bicyclic) bond motifs is 6. The first kappa shape index (κ1) is 64.1. The summed E-state index contributed by atoms with van der Waals surface area (Å²) in [6, 6.07) is 16.8. The van der Waals surface area contributed by atoms with E-state index in [2.05, 4.69) is 45.4 Å². The molecule has 10 rings (SSSR count). The number of hydrogen-bond donors (Lipinski definition) is 5. The number of aliphatic carboxylic acids is 1. The van der Waals surface area contributed by atoms with E-state index < -0.39 is 52.9 Å². The number of carbonyl (C=O) groups is 2. The van der Waals surface area contributed by atoms with Gasteiger partial charge in [-0.05, 0) is 132 Å². The number of benzene rings is 4. The maximum Gasteiger partial charge on any atom is 0.306 e. The number of unbranched alkanes of at least 4 members (excludes halogenated alkanes) is 2. The van der Waals surface area contributed by atoms with Gasteiger partial charge in [-0.2, -0.15) is 36.4 Å². The van der Waals surface area contributed by atoms with Crippen molar-refractivity contribution in [1.82, 2.24) is 20.3 Å². The highest BCUT2D eigenvalue weighted by atomic mass is 32.2. The van der Waals surface area contributed by atoms with Crippen molar-refractivity contribution in [2.75, 3.05) is 77.7 Å². The van der Waals surface area contributed by atoms with Gasteiger partial charge in [-0.25, -0.2) is 8.42 Å². The molecule has 0 spiro atoms. The Morgan fingerprint density at radius 1 is 0.705 bits per heavy atom. The highest BCUT2D eigenvalue weighted by Gasteiger charge is 2.47. The first-order valence-electron chi connectivity index (χ1n) is 30.5. The van der Waals surface area contributed by atoms with Crippen LogP contribution in [-0.2, 0) is 50.8 Å². The number of nitrogens with zero attached hydrogens (tertiary/aromatic N) is 8. The van der Waals surface area contributed by atoms with Crippen LogP contribution in [0.25, 0.3) is 21.5 Å². The van der Waals surface area contributed by atoms with E-state index in [1.54, 1.807) is 30.3 Å². The van der Waals surface area contributed by atoms with Crippen LogP contribution in [0.2, 0.25) is 0 Å². The zero-order valence-corrected chi connectivity index (χ0v) is 52.8. The monoisotopic (exact) mass is 1260 g/mol. The fraction of sp³-hybridized carbons (Fsp3) is 0.492. The lowest BCUT2D eigenvalue weighted by Crippen LogP contribution is -2.46. The van der Waals surface area contributed by atoms with E-state index in [0.29, 0.717) is 117 Å². The fourth-order valence-electron chi connectivity index (χ4n) is 13.9. The van der Waals surface area contributed by atoms with E-state index in [-0.39, 0.29) is 46.7 Å².